The van der Waals surface area contributed by atoms with Gasteiger partial charge in [0, 0.05) is 12.7 Å². The Hall–Kier alpha value is -1.20. The molecule has 0 saturated carbocycles. The molecule has 0 aliphatic carbocycles. The van der Waals surface area contributed by atoms with E-state index in [-0.39, 0.29) is 0 Å². The lowest BCUT2D eigenvalue weighted by Crippen LogP contribution is -2.20. The summed E-state index contributed by atoms with van der Waals surface area (Å²) in [6.07, 6.45) is 3.28. The van der Waals surface area contributed by atoms with Gasteiger partial charge in [-0.3, -0.25) is 4.98 Å². The lowest BCUT2D eigenvalue weighted by atomic mass is 10.2. The Balaban J connectivity index is 2.63. The number of rotatable bonds is 5. The Morgan fingerprint density at radius 3 is 2.93 bits per heavy atom. The summed E-state index contributed by atoms with van der Waals surface area (Å²) in [4.78, 5) is 6.34. The zero-order chi connectivity index (χ0) is 11.3. The summed E-state index contributed by atoms with van der Waals surface area (Å²) >= 11 is 4.91. The van der Waals surface area contributed by atoms with Crippen molar-refractivity contribution < 1.29 is 4.74 Å². The predicted octanol–water partition coefficient (Wildman–Crippen LogP) is 0.656. The number of hydrogen-bond donors (Lipinski definition) is 1. The van der Waals surface area contributed by atoms with Crippen LogP contribution in [-0.2, 0) is 0 Å². The maximum absolute atomic E-state index is 5.56. The average Bonchev–Trinajstić information content (AvgIpc) is 2.17. The highest BCUT2D eigenvalue weighted by molar-refractivity contribution is 7.80. The largest absolute Gasteiger partial charge is 0.490 e. The quantitative estimate of drug-likeness (QED) is 0.746. The van der Waals surface area contributed by atoms with Gasteiger partial charge in [-0.2, -0.15) is 0 Å². The number of ether oxygens (including phenoxy) is 1. The summed E-state index contributed by atoms with van der Waals surface area (Å²) < 4.78 is 5.54. The van der Waals surface area contributed by atoms with Crippen LogP contribution in [0.3, 0.4) is 0 Å². The van der Waals surface area contributed by atoms with Gasteiger partial charge in [0.25, 0.3) is 0 Å². The molecule has 1 aromatic rings. The summed E-state index contributed by atoms with van der Waals surface area (Å²) in [5.41, 5.74) is 6.29. The van der Waals surface area contributed by atoms with Gasteiger partial charge in [-0.1, -0.05) is 12.2 Å². The highest BCUT2D eigenvalue weighted by Gasteiger charge is 2.05. The van der Waals surface area contributed by atoms with Gasteiger partial charge >= 0.3 is 0 Å². The van der Waals surface area contributed by atoms with Crippen molar-refractivity contribution in [3.63, 3.8) is 0 Å². The van der Waals surface area contributed by atoms with Crippen LogP contribution < -0.4 is 10.5 Å². The number of nitrogens with zero attached hydrogens (tertiary/aromatic N) is 2. The van der Waals surface area contributed by atoms with E-state index in [1.54, 1.807) is 18.5 Å². The Morgan fingerprint density at radius 1 is 1.60 bits per heavy atom. The van der Waals surface area contributed by atoms with Crippen LogP contribution in [-0.4, -0.2) is 42.1 Å². The summed E-state index contributed by atoms with van der Waals surface area (Å²) in [5, 5.41) is 0. The highest BCUT2D eigenvalue weighted by atomic mass is 32.1. The third-order valence-electron chi connectivity index (χ3n) is 1.85. The number of nitrogens with two attached hydrogens (primary N) is 1. The molecule has 15 heavy (non-hydrogen) atoms. The minimum atomic E-state index is 0.331. The van der Waals surface area contributed by atoms with Gasteiger partial charge in [0.2, 0.25) is 0 Å². The van der Waals surface area contributed by atoms with E-state index >= 15 is 0 Å². The van der Waals surface area contributed by atoms with Gasteiger partial charge in [-0.15, -0.1) is 0 Å². The zero-order valence-electron chi connectivity index (χ0n) is 8.93. The SMILES string of the molecule is CN(C)CCOc1cnccc1C(N)=S. The summed E-state index contributed by atoms with van der Waals surface area (Å²) in [6, 6.07) is 1.76. The first kappa shape index (κ1) is 11.9. The molecule has 0 aliphatic rings. The second-order valence-electron chi connectivity index (χ2n) is 3.39. The Morgan fingerprint density at radius 2 is 2.33 bits per heavy atom. The van der Waals surface area contributed by atoms with Gasteiger partial charge in [0.15, 0.2) is 0 Å². The van der Waals surface area contributed by atoms with Crippen LogP contribution in [0.15, 0.2) is 18.5 Å². The average molecular weight is 225 g/mol. The maximum atomic E-state index is 5.56. The van der Waals surface area contributed by atoms with Crippen molar-refractivity contribution in [2.24, 2.45) is 5.73 Å². The molecule has 0 bridgehead atoms. The molecule has 5 heteroatoms. The van der Waals surface area contributed by atoms with Gasteiger partial charge in [-0.25, -0.2) is 0 Å². The second kappa shape index (κ2) is 5.63. The van der Waals surface area contributed by atoms with Crippen LogP contribution in [0.4, 0.5) is 0 Å². The molecular formula is C10H15N3OS. The summed E-state index contributed by atoms with van der Waals surface area (Å²) in [7, 11) is 3.97. The number of likely N-dealkylation sites (N-methyl/N-ethyl adjacent to an activating group) is 1. The lowest BCUT2D eigenvalue weighted by Gasteiger charge is -2.12. The predicted molar refractivity (Wildman–Crippen MR) is 64.2 cm³/mol. The molecule has 0 aliphatic heterocycles. The van der Waals surface area contributed by atoms with Crippen LogP contribution in [0.1, 0.15) is 5.56 Å². The Bertz CT molecular complexity index is 341. The Labute approximate surface area is 95.0 Å². The van der Waals surface area contributed by atoms with Crippen LogP contribution >= 0.6 is 12.2 Å². The molecule has 0 aromatic carbocycles. The van der Waals surface area contributed by atoms with Crippen LogP contribution in [0, 0.1) is 0 Å². The third-order valence-corrected chi connectivity index (χ3v) is 2.07. The van der Waals surface area contributed by atoms with Crippen molar-refractivity contribution in [2.45, 2.75) is 0 Å². The summed E-state index contributed by atoms with van der Waals surface area (Å²) in [6.45, 7) is 1.43. The van der Waals surface area contributed by atoms with Gasteiger partial charge < -0.3 is 15.4 Å². The molecule has 82 valence electrons. The highest BCUT2D eigenvalue weighted by Crippen LogP contribution is 2.15. The molecule has 0 fully saturated rings. The molecule has 0 radical (unpaired) electrons. The van der Waals surface area contributed by atoms with Crippen LogP contribution in [0.2, 0.25) is 0 Å². The van der Waals surface area contributed by atoms with Crippen molar-refractivity contribution >= 4 is 17.2 Å². The van der Waals surface area contributed by atoms with E-state index in [1.807, 2.05) is 19.0 Å². The maximum Gasteiger partial charge on any atom is 0.147 e. The van der Waals surface area contributed by atoms with Crippen molar-refractivity contribution in [2.75, 3.05) is 27.2 Å². The molecule has 0 spiro atoms. The smallest absolute Gasteiger partial charge is 0.147 e. The molecule has 1 rings (SSSR count). The van der Waals surface area contributed by atoms with Crippen molar-refractivity contribution in [3.8, 4) is 5.75 Å². The second-order valence-corrected chi connectivity index (χ2v) is 3.83. The lowest BCUT2D eigenvalue weighted by molar-refractivity contribution is 0.260. The van der Waals surface area contributed by atoms with E-state index in [0.717, 1.165) is 12.1 Å². The van der Waals surface area contributed by atoms with Gasteiger partial charge in [-0.05, 0) is 20.2 Å². The van der Waals surface area contributed by atoms with E-state index in [9.17, 15) is 0 Å². The molecule has 1 aromatic heterocycles. The molecule has 0 saturated heterocycles. The normalized spacial score (nSPS) is 10.3. The van der Waals surface area contributed by atoms with Gasteiger partial charge in [0.05, 0.1) is 11.8 Å². The summed E-state index contributed by atoms with van der Waals surface area (Å²) in [5.74, 6) is 0.645. The molecule has 2 N–H and O–H groups in total. The minimum absolute atomic E-state index is 0.331. The van der Waals surface area contributed by atoms with E-state index in [4.69, 9.17) is 22.7 Å². The molecule has 4 nitrogen and oxygen atoms in total. The number of pyridine rings is 1. The fourth-order valence-electron chi connectivity index (χ4n) is 1.04. The van der Waals surface area contributed by atoms with Crippen molar-refractivity contribution in [3.05, 3.63) is 24.0 Å². The molecule has 0 amide bonds. The van der Waals surface area contributed by atoms with E-state index in [2.05, 4.69) is 4.98 Å². The Kier molecular flexibility index (Phi) is 4.45. The van der Waals surface area contributed by atoms with E-state index in [0.29, 0.717) is 17.3 Å². The van der Waals surface area contributed by atoms with E-state index in [1.165, 1.54) is 0 Å². The first-order valence-electron chi connectivity index (χ1n) is 4.62. The minimum Gasteiger partial charge on any atom is -0.490 e. The zero-order valence-corrected chi connectivity index (χ0v) is 9.75. The molecule has 0 unspecified atom stereocenters. The van der Waals surface area contributed by atoms with Crippen molar-refractivity contribution in [1.29, 1.82) is 0 Å². The van der Waals surface area contributed by atoms with E-state index < -0.39 is 0 Å². The fourth-order valence-corrected chi connectivity index (χ4v) is 1.21. The third kappa shape index (κ3) is 3.81. The topological polar surface area (TPSA) is 51.4 Å². The number of thiocarbonyl (C=S) groups is 1. The number of hydrogen-bond acceptors (Lipinski definition) is 4. The first-order valence-corrected chi connectivity index (χ1v) is 5.03. The van der Waals surface area contributed by atoms with Crippen LogP contribution in [0.25, 0.3) is 0 Å². The first-order chi connectivity index (χ1) is 7.11. The van der Waals surface area contributed by atoms with Gasteiger partial charge in [0.1, 0.15) is 17.3 Å². The van der Waals surface area contributed by atoms with Crippen LogP contribution in [0.5, 0.6) is 5.75 Å². The fraction of sp³-hybridized carbons (Fsp3) is 0.400. The number of aromatic nitrogens is 1. The standard InChI is InChI=1S/C10H15N3OS/c1-13(2)5-6-14-9-7-12-4-3-8(9)10(11)15/h3-4,7H,5-6H2,1-2H3,(H2,11,15). The molecule has 0 atom stereocenters. The molecule has 1 heterocycles. The van der Waals surface area contributed by atoms with Crippen molar-refractivity contribution in [1.82, 2.24) is 9.88 Å². The molecular weight excluding hydrogens is 210 g/mol. The monoisotopic (exact) mass is 225 g/mol.